The van der Waals surface area contributed by atoms with E-state index in [1.165, 1.54) is 50.5 Å². The molecule has 1 aromatic carbocycles. The summed E-state index contributed by atoms with van der Waals surface area (Å²) in [6.07, 6.45) is 12.5. The summed E-state index contributed by atoms with van der Waals surface area (Å²) < 4.78 is 7.72. The van der Waals surface area contributed by atoms with Crippen molar-refractivity contribution >= 4 is 0 Å². The van der Waals surface area contributed by atoms with Crippen molar-refractivity contribution in [1.29, 1.82) is 0 Å². The van der Waals surface area contributed by atoms with E-state index in [4.69, 9.17) is 4.74 Å². The van der Waals surface area contributed by atoms with Crippen LogP contribution in [0.15, 0.2) is 24.4 Å². The Bertz CT molecular complexity index is 851. The Kier molecular flexibility index (Phi) is 6.97. The van der Waals surface area contributed by atoms with E-state index in [2.05, 4.69) is 52.6 Å². The largest absolute Gasteiger partial charge is 0.376 e. The molecular weight excluding hydrogens is 360 g/mol. The monoisotopic (exact) mass is 392 g/mol. The summed E-state index contributed by atoms with van der Waals surface area (Å²) in [7, 11) is 0. The van der Waals surface area contributed by atoms with Gasteiger partial charge >= 0.3 is 0 Å². The average molecular weight is 393 g/mol. The molecule has 0 bridgehead atoms. The highest BCUT2D eigenvalue weighted by Gasteiger charge is 2.16. The van der Waals surface area contributed by atoms with Gasteiger partial charge < -0.3 is 10.1 Å². The van der Waals surface area contributed by atoms with Crippen molar-refractivity contribution < 1.29 is 4.74 Å². The van der Waals surface area contributed by atoms with Crippen molar-refractivity contribution in [2.45, 2.75) is 77.0 Å². The second-order valence-electron chi connectivity index (χ2n) is 8.36. The zero-order valence-corrected chi connectivity index (χ0v) is 17.5. The van der Waals surface area contributed by atoms with Crippen LogP contribution in [0.1, 0.15) is 62.5 Å². The first kappa shape index (κ1) is 20.1. The normalized spacial score (nSPS) is 20.2. The summed E-state index contributed by atoms with van der Waals surface area (Å²) in [4.78, 5) is 0. The number of nitrogens with one attached hydrogen (secondary N) is 1. The van der Waals surface area contributed by atoms with E-state index >= 15 is 0 Å². The standard InChI is InChI=1S/C24H32N4O/c1-19-16-20(8-7-14-25-21-9-3-2-4-10-21)12-13-23(19)24-18-28(27-26-24)17-22-11-5-6-15-29-22/h12-13,16,18,21-22,25H,2-6,9-11,14-15,17H2,1H3. The van der Waals surface area contributed by atoms with Crippen molar-refractivity contribution in [3.8, 4) is 23.1 Å². The lowest BCUT2D eigenvalue weighted by atomic mass is 9.95. The molecule has 2 aliphatic rings. The number of hydrogen-bond donors (Lipinski definition) is 1. The molecule has 2 heterocycles. The van der Waals surface area contributed by atoms with E-state index < -0.39 is 0 Å². The molecule has 1 unspecified atom stereocenters. The van der Waals surface area contributed by atoms with Gasteiger partial charge in [0.1, 0.15) is 5.69 Å². The summed E-state index contributed by atoms with van der Waals surface area (Å²) in [6, 6.07) is 6.99. The van der Waals surface area contributed by atoms with E-state index in [1.54, 1.807) is 0 Å². The third-order valence-electron chi connectivity index (χ3n) is 6.02. The topological polar surface area (TPSA) is 52.0 Å². The third-order valence-corrected chi connectivity index (χ3v) is 6.02. The number of rotatable bonds is 5. The maximum Gasteiger partial charge on any atom is 0.113 e. The van der Waals surface area contributed by atoms with Gasteiger partial charge in [0.2, 0.25) is 0 Å². The van der Waals surface area contributed by atoms with Crippen molar-refractivity contribution in [2.24, 2.45) is 0 Å². The predicted octanol–water partition coefficient (Wildman–Crippen LogP) is 4.10. The van der Waals surface area contributed by atoms with Crippen LogP contribution in [0.5, 0.6) is 0 Å². The average Bonchev–Trinajstić information content (AvgIpc) is 3.21. The van der Waals surface area contributed by atoms with Crippen LogP contribution in [-0.4, -0.2) is 40.3 Å². The van der Waals surface area contributed by atoms with Crippen LogP contribution >= 0.6 is 0 Å². The SMILES string of the molecule is Cc1cc(C#CCNC2CCCCC2)ccc1-c1cn(CC2CCCCO2)nn1. The van der Waals surface area contributed by atoms with E-state index in [1.807, 2.05) is 10.9 Å². The molecule has 5 heteroatoms. The highest BCUT2D eigenvalue weighted by molar-refractivity contribution is 5.64. The van der Waals surface area contributed by atoms with E-state index in [0.29, 0.717) is 6.04 Å². The van der Waals surface area contributed by atoms with Gasteiger partial charge in [-0.2, -0.15) is 0 Å². The van der Waals surface area contributed by atoms with Crippen LogP contribution in [0.25, 0.3) is 11.3 Å². The van der Waals surface area contributed by atoms with Gasteiger partial charge in [-0.05, 0) is 56.7 Å². The van der Waals surface area contributed by atoms with Crippen molar-refractivity contribution in [3.63, 3.8) is 0 Å². The number of nitrogens with zero attached hydrogens (tertiary/aromatic N) is 3. The fourth-order valence-corrected chi connectivity index (χ4v) is 4.35. The Morgan fingerprint density at radius 3 is 2.79 bits per heavy atom. The van der Waals surface area contributed by atoms with Gasteiger partial charge in [-0.3, -0.25) is 0 Å². The third kappa shape index (κ3) is 5.68. The van der Waals surface area contributed by atoms with Crippen molar-refractivity contribution in [1.82, 2.24) is 20.3 Å². The summed E-state index contributed by atoms with van der Waals surface area (Å²) in [5.74, 6) is 6.57. The minimum Gasteiger partial charge on any atom is -0.376 e. The minimum absolute atomic E-state index is 0.263. The highest BCUT2D eigenvalue weighted by atomic mass is 16.5. The molecule has 0 amide bonds. The van der Waals surface area contributed by atoms with Crippen LogP contribution in [0.2, 0.25) is 0 Å². The number of aryl methyl sites for hydroxylation is 1. The molecule has 4 rings (SSSR count). The minimum atomic E-state index is 0.263. The molecular formula is C24H32N4O. The van der Waals surface area contributed by atoms with Gasteiger partial charge in [-0.25, -0.2) is 4.68 Å². The molecule has 154 valence electrons. The lowest BCUT2D eigenvalue weighted by molar-refractivity contribution is 0.00370. The Hall–Kier alpha value is -2.16. The number of aromatic nitrogens is 3. The molecule has 1 saturated heterocycles. The quantitative estimate of drug-likeness (QED) is 0.779. The predicted molar refractivity (Wildman–Crippen MR) is 116 cm³/mol. The second-order valence-corrected chi connectivity index (χ2v) is 8.36. The molecule has 5 nitrogen and oxygen atoms in total. The molecule has 0 spiro atoms. The van der Waals surface area contributed by atoms with Gasteiger partial charge in [0.15, 0.2) is 0 Å². The molecule has 1 N–H and O–H groups in total. The molecule has 1 atom stereocenters. The van der Waals surface area contributed by atoms with Gasteiger partial charge in [0, 0.05) is 23.8 Å². The van der Waals surface area contributed by atoms with Crippen LogP contribution in [-0.2, 0) is 11.3 Å². The zero-order valence-electron chi connectivity index (χ0n) is 17.5. The smallest absolute Gasteiger partial charge is 0.113 e. The van der Waals surface area contributed by atoms with Crippen LogP contribution in [0.4, 0.5) is 0 Å². The summed E-state index contributed by atoms with van der Waals surface area (Å²) >= 11 is 0. The number of ether oxygens (including phenoxy) is 1. The number of hydrogen-bond acceptors (Lipinski definition) is 4. The highest BCUT2D eigenvalue weighted by Crippen LogP contribution is 2.23. The molecule has 29 heavy (non-hydrogen) atoms. The molecule has 1 aliphatic carbocycles. The first-order valence-electron chi connectivity index (χ1n) is 11.1. The molecule has 2 aromatic rings. The molecule has 0 radical (unpaired) electrons. The summed E-state index contributed by atoms with van der Waals surface area (Å²) in [5, 5.41) is 12.3. The Morgan fingerprint density at radius 1 is 1.14 bits per heavy atom. The van der Waals surface area contributed by atoms with Crippen molar-refractivity contribution in [3.05, 3.63) is 35.5 Å². The fraction of sp³-hybridized carbons (Fsp3) is 0.583. The Morgan fingerprint density at radius 2 is 2.00 bits per heavy atom. The Labute approximate surface area is 174 Å². The maximum absolute atomic E-state index is 5.81. The molecule has 2 fully saturated rings. The molecule has 1 aliphatic heterocycles. The summed E-state index contributed by atoms with van der Waals surface area (Å²) in [5.41, 5.74) is 4.26. The van der Waals surface area contributed by atoms with E-state index in [0.717, 1.165) is 42.9 Å². The van der Waals surface area contributed by atoms with Gasteiger partial charge in [-0.15, -0.1) is 5.10 Å². The van der Waals surface area contributed by atoms with Gasteiger partial charge in [-0.1, -0.05) is 42.4 Å². The lowest BCUT2D eigenvalue weighted by Gasteiger charge is -2.21. The lowest BCUT2D eigenvalue weighted by Crippen LogP contribution is -2.31. The van der Waals surface area contributed by atoms with E-state index in [9.17, 15) is 0 Å². The molecule has 1 saturated carbocycles. The Balaban J connectivity index is 1.34. The van der Waals surface area contributed by atoms with Gasteiger partial charge in [0.05, 0.1) is 25.4 Å². The van der Waals surface area contributed by atoms with Crippen LogP contribution in [0.3, 0.4) is 0 Å². The first-order chi connectivity index (χ1) is 14.3. The van der Waals surface area contributed by atoms with E-state index in [-0.39, 0.29) is 6.10 Å². The first-order valence-corrected chi connectivity index (χ1v) is 11.1. The molecule has 1 aromatic heterocycles. The van der Waals surface area contributed by atoms with Gasteiger partial charge in [0.25, 0.3) is 0 Å². The van der Waals surface area contributed by atoms with Crippen LogP contribution < -0.4 is 5.32 Å². The van der Waals surface area contributed by atoms with Crippen LogP contribution in [0, 0.1) is 18.8 Å². The fourth-order valence-electron chi connectivity index (χ4n) is 4.35. The zero-order chi connectivity index (χ0) is 19.9. The maximum atomic E-state index is 5.81. The second kappa shape index (κ2) is 10.0. The number of benzene rings is 1. The van der Waals surface area contributed by atoms with Crippen molar-refractivity contribution in [2.75, 3.05) is 13.2 Å². The summed E-state index contributed by atoms with van der Waals surface area (Å²) in [6.45, 7) is 4.53.